The minimum absolute atomic E-state index is 0.101. The number of carbonyl (C=O) groups excluding carboxylic acids is 2. The predicted molar refractivity (Wildman–Crippen MR) is 120 cm³/mol. The minimum atomic E-state index is -0.570. The summed E-state index contributed by atoms with van der Waals surface area (Å²) < 4.78 is 13.9. The Kier molecular flexibility index (Phi) is 9.67. The summed E-state index contributed by atoms with van der Waals surface area (Å²) in [5.41, 5.74) is 1.91. The molecule has 29 heavy (non-hydrogen) atoms. The minimum Gasteiger partial charge on any atom is -0.354 e. The van der Waals surface area contributed by atoms with Crippen molar-refractivity contribution in [2.24, 2.45) is 0 Å². The Labute approximate surface area is 184 Å². The van der Waals surface area contributed by atoms with Crippen LogP contribution < -0.4 is 5.32 Å². The van der Waals surface area contributed by atoms with E-state index in [2.05, 4.69) is 21.2 Å². The number of hydrogen-bond acceptors (Lipinski definition) is 3. The van der Waals surface area contributed by atoms with Gasteiger partial charge in [0.2, 0.25) is 11.8 Å². The van der Waals surface area contributed by atoms with Crippen LogP contribution in [0.25, 0.3) is 0 Å². The molecular formula is C22H26BrFN2O2S. The van der Waals surface area contributed by atoms with Gasteiger partial charge in [-0.3, -0.25) is 9.59 Å². The monoisotopic (exact) mass is 480 g/mol. The van der Waals surface area contributed by atoms with Crippen molar-refractivity contribution in [2.45, 2.75) is 38.6 Å². The van der Waals surface area contributed by atoms with Crippen molar-refractivity contribution in [3.8, 4) is 0 Å². The smallest absolute Gasteiger partial charge is 0.242 e. The molecule has 0 saturated heterocycles. The highest BCUT2D eigenvalue weighted by atomic mass is 79.9. The van der Waals surface area contributed by atoms with Gasteiger partial charge in [0.05, 0.1) is 5.75 Å². The van der Waals surface area contributed by atoms with E-state index in [9.17, 15) is 14.0 Å². The quantitative estimate of drug-likeness (QED) is 0.532. The molecule has 0 heterocycles. The lowest BCUT2D eigenvalue weighted by molar-refractivity contribution is -0.138. The summed E-state index contributed by atoms with van der Waals surface area (Å²) in [7, 11) is 0. The van der Waals surface area contributed by atoms with E-state index in [4.69, 9.17) is 0 Å². The van der Waals surface area contributed by atoms with Crippen molar-refractivity contribution in [2.75, 3.05) is 12.3 Å². The van der Waals surface area contributed by atoms with Crippen LogP contribution in [0.5, 0.6) is 0 Å². The van der Waals surface area contributed by atoms with E-state index >= 15 is 0 Å². The molecule has 7 heteroatoms. The molecule has 0 spiro atoms. The number of rotatable bonds is 10. The van der Waals surface area contributed by atoms with E-state index in [-0.39, 0.29) is 23.4 Å². The summed E-state index contributed by atoms with van der Waals surface area (Å²) in [6, 6.07) is 13.4. The number of carbonyl (C=O) groups is 2. The third-order valence-corrected chi connectivity index (χ3v) is 5.85. The zero-order valence-corrected chi connectivity index (χ0v) is 19.1. The first kappa shape index (κ1) is 23.4. The fraction of sp³-hybridized carbons (Fsp3) is 0.364. The number of halogens is 2. The van der Waals surface area contributed by atoms with Gasteiger partial charge < -0.3 is 10.2 Å². The number of nitrogens with zero attached hydrogens (tertiary/aromatic N) is 1. The highest BCUT2D eigenvalue weighted by Crippen LogP contribution is 2.18. The maximum absolute atomic E-state index is 13.0. The molecule has 0 aliphatic heterocycles. The van der Waals surface area contributed by atoms with E-state index in [0.29, 0.717) is 18.8 Å². The molecule has 1 atom stereocenters. The number of thioether (sulfide) groups is 1. The Morgan fingerprint density at radius 1 is 1.17 bits per heavy atom. The third kappa shape index (κ3) is 7.82. The van der Waals surface area contributed by atoms with Crippen LogP contribution >= 0.6 is 27.7 Å². The topological polar surface area (TPSA) is 49.4 Å². The first-order valence-electron chi connectivity index (χ1n) is 9.54. The average Bonchev–Trinajstić information content (AvgIpc) is 2.71. The molecule has 156 valence electrons. The molecule has 0 fully saturated rings. The summed E-state index contributed by atoms with van der Waals surface area (Å²) >= 11 is 4.90. The largest absolute Gasteiger partial charge is 0.354 e. The first-order valence-corrected chi connectivity index (χ1v) is 11.5. The molecule has 1 unspecified atom stereocenters. The Bertz CT molecular complexity index is 817. The van der Waals surface area contributed by atoms with Crippen LogP contribution in [-0.4, -0.2) is 35.1 Å². The van der Waals surface area contributed by atoms with E-state index in [0.717, 1.165) is 22.0 Å². The molecule has 0 bridgehead atoms. The van der Waals surface area contributed by atoms with Gasteiger partial charge in [-0.15, -0.1) is 11.8 Å². The number of benzene rings is 2. The number of amides is 2. The summed E-state index contributed by atoms with van der Waals surface area (Å²) in [4.78, 5) is 27.0. The van der Waals surface area contributed by atoms with Gasteiger partial charge >= 0.3 is 0 Å². The van der Waals surface area contributed by atoms with Crippen molar-refractivity contribution in [1.82, 2.24) is 10.2 Å². The molecule has 4 nitrogen and oxygen atoms in total. The first-order chi connectivity index (χ1) is 13.9. The summed E-state index contributed by atoms with van der Waals surface area (Å²) in [6.45, 7) is 4.68. The second kappa shape index (κ2) is 12.0. The Hall–Kier alpha value is -1.86. The van der Waals surface area contributed by atoms with Crippen LogP contribution in [0.4, 0.5) is 4.39 Å². The zero-order valence-electron chi connectivity index (χ0n) is 16.7. The molecule has 2 rings (SSSR count). The van der Waals surface area contributed by atoms with Gasteiger partial charge in [-0.1, -0.05) is 47.1 Å². The highest BCUT2D eigenvalue weighted by Gasteiger charge is 2.25. The number of nitrogens with one attached hydrogen (secondary N) is 1. The van der Waals surface area contributed by atoms with Gasteiger partial charge in [0.25, 0.3) is 0 Å². The molecule has 2 amide bonds. The maximum Gasteiger partial charge on any atom is 0.242 e. The van der Waals surface area contributed by atoms with Gasteiger partial charge in [-0.25, -0.2) is 4.39 Å². The Morgan fingerprint density at radius 3 is 2.55 bits per heavy atom. The summed E-state index contributed by atoms with van der Waals surface area (Å²) in [5.74, 6) is 0.320. The van der Waals surface area contributed by atoms with Crippen LogP contribution in [0.2, 0.25) is 0 Å². The summed E-state index contributed by atoms with van der Waals surface area (Å²) in [6.07, 6.45) is 0.839. The van der Waals surface area contributed by atoms with Crippen LogP contribution in [0.3, 0.4) is 0 Å². The SMILES string of the molecule is CCCNC(=O)C(C)N(Cc1cccc(Br)c1)C(=O)CSCc1ccc(F)cc1. The van der Waals surface area contributed by atoms with Gasteiger partial charge in [0, 0.05) is 23.3 Å². The second-order valence-corrected chi connectivity index (χ2v) is 8.64. The molecule has 0 aromatic heterocycles. The molecule has 2 aromatic carbocycles. The molecule has 0 aliphatic carbocycles. The van der Waals surface area contributed by atoms with Crippen LogP contribution in [0.1, 0.15) is 31.4 Å². The van der Waals surface area contributed by atoms with Gasteiger partial charge in [0.15, 0.2) is 0 Å². The molecular weight excluding hydrogens is 455 g/mol. The fourth-order valence-corrected chi connectivity index (χ4v) is 4.05. The third-order valence-electron chi connectivity index (χ3n) is 4.37. The van der Waals surface area contributed by atoms with Crippen molar-refractivity contribution in [1.29, 1.82) is 0 Å². The molecule has 0 aliphatic rings. The second-order valence-electron chi connectivity index (χ2n) is 6.74. The Balaban J connectivity index is 2.04. The predicted octanol–water partition coefficient (Wildman–Crippen LogP) is 4.76. The van der Waals surface area contributed by atoms with Crippen molar-refractivity contribution >= 4 is 39.5 Å². The molecule has 0 saturated carbocycles. The van der Waals surface area contributed by atoms with Crippen LogP contribution in [0.15, 0.2) is 53.0 Å². The summed E-state index contributed by atoms with van der Waals surface area (Å²) in [5, 5.41) is 2.87. The molecule has 2 aromatic rings. The lowest BCUT2D eigenvalue weighted by atomic mass is 10.1. The number of hydrogen-bond donors (Lipinski definition) is 1. The maximum atomic E-state index is 13.0. The van der Waals surface area contributed by atoms with Crippen LogP contribution in [0, 0.1) is 5.82 Å². The Morgan fingerprint density at radius 2 is 1.90 bits per heavy atom. The van der Waals surface area contributed by atoms with Crippen molar-refractivity contribution in [3.63, 3.8) is 0 Å². The van der Waals surface area contributed by atoms with Crippen molar-refractivity contribution in [3.05, 3.63) is 69.9 Å². The lowest BCUT2D eigenvalue weighted by Gasteiger charge is -2.29. The standard InChI is InChI=1S/C22H26BrFN2O2S/c1-3-11-25-22(28)16(2)26(13-18-5-4-6-19(23)12-18)21(27)15-29-14-17-7-9-20(24)10-8-17/h4-10,12,16H,3,11,13-15H2,1-2H3,(H,25,28). The van der Waals surface area contributed by atoms with E-state index in [1.165, 1.54) is 23.9 Å². The lowest BCUT2D eigenvalue weighted by Crippen LogP contribution is -2.48. The molecule has 1 N–H and O–H groups in total. The normalized spacial score (nSPS) is 11.7. The van der Waals surface area contributed by atoms with Crippen molar-refractivity contribution < 1.29 is 14.0 Å². The fourth-order valence-electron chi connectivity index (χ4n) is 2.73. The molecule has 0 radical (unpaired) electrons. The van der Waals surface area contributed by atoms with E-state index < -0.39 is 6.04 Å². The van der Waals surface area contributed by atoms with Crippen LogP contribution in [-0.2, 0) is 21.9 Å². The van der Waals surface area contributed by atoms with Gasteiger partial charge in [-0.05, 0) is 48.7 Å². The van der Waals surface area contributed by atoms with Gasteiger partial charge in [0.1, 0.15) is 11.9 Å². The average molecular weight is 481 g/mol. The van der Waals surface area contributed by atoms with E-state index in [1.54, 1.807) is 24.0 Å². The highest BCUT2D eigenvalue weighted by molar-refractivity contribution is 9.10. The van der Waals surface area contributed by atoms with E-state index in [1.807, 2.05) is 31.2 Å². The van der Waals surface area contributed by atoms with Gasteiger partial charge in [-0.2, -0.15) is 0 Å². The zero-order chi connectivity index (χ0) is 21.2.